The van der Waals surface area contributed by atoms with Gasteiger partial charge in [0.05, 0.1) is 25.9 Å². The Kier molecular flexibility index (Phi) is 8.04. The van der Waals surface area contributed by atoms with Crippen molar-refractivity contribution in [3.63, 3.8) is 0 Å². The molecule has 3 rings (SSSR count). The Morgan fingerprint density at radius 2 is 1.23 bits per heavy atom. The third-order valence-electron chi connectivity index (χ3n) is 5.72. The van der Waals surface area contributed by atoms with E-state index in [4.69, 9.17) is 23.7 Å². The molecule has 0 radical (unpaired) electrons. The normalized spacial score (nSPS) is 49.8. The van der Waals surface area contributed by atoms with E-state index >= 15 is 0 Å². The van der Waals surface area contributed by atoms with Gasteiger partial charge in [0.15, 0.2) is 12.6 Å². The lowest BCUT2D eigenvalue weighted by Crippen LogP contribution is -2.59. The van der Waals surface area contributed by atoms with Crippen LogP contribution in [0.2, 0.25) is 0 Å². The van der Waals surface area contributed by atoms with Crippen molar-refractivity contribution in [2.75, 3.05) is 19.8 Å². The molecule has 0 amide bonds. The van der Waals surface area contributed by atoms with Crippen LogP contribution in [-0.2, 0) is 23.7 Å². The second-order valence-electron chi connectivity index (χ2n) is 8.22. The molecular weight excluding hydrogens is 408 g/mol. The van der Waals surface area contributed by atoms with Crippen LogP contribution in [0.5, 0.6) is 0 Å². The topological polar surface area (TPSA) is 188 Å². The fourth-order valence-corrected chi connectivity index (χ4v) is 3.97. The van der Waals surface area contributed by atoms with Gasteiger partial charge >= 0.3 is 0 Å². The average molecular weight is 440 g/mol. The first-order valence-electron chi connectivity index (χ1n) is 10.0. The van der Waals surface area contributed by atoms with E-state index < -0.39 is 86.8 Å². The van der Waals surface area contributed by atoms with Crippen LogP contribution in [-0.4, -0.2) is 129 Å². The van der Waals surface area contributed by atoms with Crippen LogP contribution < -0.4 is 0 Å². The first-order chi connectivity index (χ1) is 14.2. The smallest absolute Gasteiger partial charge is 0.187 e. The Bertz CT molecular complexity index is 549. The molecule has 3 aliphatic rings. The van der Waals surface area contributed by atoms with E-state index in [0.717, 1.165) is 0 Å². The Morgan fingerprint density at radius 1 is 0.767 bits per heavy atom. The highest BCUT2D eigenvalue weighted by Crippen LogP contribution is 2.33. The van der Waals surface area contributed by atoms with E-state index in [1.165, 1.54) is 0 Å². The fourth-order valence-electron chi connectivity index (χ4n) is 3.97. The maximum atomic E-state index is 10.5. The lowest BCUT2D eigenvalue weighted by atomic mass is 9.92. The van der Waals surface area contributed by atoms with Crippen molar-refractivity contribution in [3.05, 3.63) is 0 Å². The highest BCUT2D eigenvalue weighted by atomic mass is 16.8. The van der Waals surface area contributed by atoms with E-state index in [1.807, 2.05) is 13.8 Å². The molecular formula is C18H32O12. The number of aliphatic hydroxyl groups is 7. The quantitative estimate of drug-likeness (QED) is 0.204. The van der Waals surface area contributed by atoms with Gasteiger partial charge in [-0.25, -0.2) is 0 Å². The molecule has 0 aromatic heterocycles. The van der Waals surface area contributed by atoms with Crippen molar-refractivity contribution in [1.82, 2.24) is 0 Å². The standard InChI is InChI=1S/C18H32O12/c1-6(2)14-16(30-18-13(25)11(23)9(4-20)28-18)15(7(21)5-26-14)29-17-12(24)10(22)8(3-19)27-17/h6-25H,3-5H2,1-2H3/t7?,8?,9-,10?,11?,12?,13?,14?,15?,16?,17?,18?/m1/s1. The SMILES string of the molecule is CC(C)C1OCC(O)C(OC2OC(CO)C(O)C2O)C1OC1O[C@H](CO)C(O)C1O. The van der Waals surface area contributed by atoms with Crippen LogP contribution in [0.25, 0.3) is 0 Å². The Hall–Kier alpha value is -0.480. The zero-order chi connectivity index (χ0) is 22.2. The maximum absolute atomic E-state index is 10.5. The van der Waals surface area contributed by atoms with Crippen molar-refractivity contribution in [2.24, 2.45) is 5.92 Å². The molecule has 11 unspecified atom stereocenters. The Morgan fingerprint density at radius 3 is 1.63 bits per heavy atom. The van der Waals surface area contributed by atoms with Crippen molar-refractivity contribution < 1.29 is 59.4 Å². The summed E-state index contributed by atoms with van der Waals surface area (Å²) in [6, 6.07) is 0. The predicted molar refractivity (Wildman–Crippen MR) is 95.9 cm³/mol. The minimum Gasteiger partial charge on any atom is -0.394 e. The van der Waals surface area contributed by atoms with Crippen LogP contribution >= 0.6 is 0 Å². The van der Waals surface area contributed by atoms with Gasteiger partial charge in [0.25, 0.3) is 0 Å². The molecule has 0 aromatic carbocycles. The summed E-state index contributed by atoms with van der Waals surface area (Å²) in [5, 5.41) is 69.3. The van der Waals surface area contributed by atoms with Gasteiger partial charge in [-0.2, -0.15) is 0 Å². The van der Waals surface area contributed by atoms with Gasteiger partial charge in [0, 0.05) is 0 Å². The minimum atomic E-state index is -1.47. The van der Waals surface area contributed by atoms with Gasteiger partial charge in [-0.05, 0) is 5.92 Å². The van der Waals surface area contributed by atoms with E-state index in [2.05, 4.69) is 0 Å². The third kappa shape index (κ3) is 4.65. The van der Waals surface area contributed by atoms with Crippen molar-refractivity contribution in [3.8, 4) is 0 Å². The molecule has 3 saturated heterocycles. The van der Waals surface area contributed by atoms with Gasteiger partial charge in [0.2, 0.25) is 0 Å². The zero-order valence-corrected chi connectivity index (χ0v) is 16.8. The van der Waals surface area contributed by atoms with Crippen molar-refractivity contribution >= 4 is 0 Å². The van der Waals surface area contributed by atoms with Crippen LogP contribution in [0.3, 0.4) is 0 Å². The summed E-state index contributed by atoms with van der Waals surface area (Å²) in [6.45, 7) is 2.53. The number of hydrogen-bond donors (Lipinski definition) is 7. The van der Waals surface area contributed by atoms with E-state index in [1.54, 1.807) is 0 Å². The summed E-state index contributed by atoms with van der Waals surface area (Å²) in [5.41, 5.74) is 0. The largest absolute Gasteiger partial charge is 0.394 e. The lowest BCUT2D eigenvalue weighted by molar-refractivity contribution is -0.309. The van der Waals surface area contributed by atoms with Crippen LogP contribution in [0.15, 0.2) is 0 Å². The number of rotatable bonds is 7. The summed E-state index contributed by atoms with van der Waals surface area (Å²) in [7, 11) is 0. The molecule has 12 atom stereocenters. The van der Waals surface area contributed by atoms with Crippen LogP contribution in [0, 0.1) is 5.92 Å². The molecule has 3 aliphatic heterocycles. The van der Waals surface area contributed by atoms with Gasteiger partial charge in [-0.3, -0.25) is 0 Å². The molecule has 3 fully saturated rings. The Labute approximate surface area is 173 Å². The molecule has 0 saturated carbocycles. The van der Waals surface area contributed by atoms with Crippen molar-refractivity contribution in [1.29, 1.82) is 0 Å². The van der Waals surface area contributed by atoms with Gasteiger partial charge < -0.3 is 59.4 Å². The molecule has 12 nitrogen and oxygen atoms in total. The highest BCUT2D eigenvalue weighted by molar-refractivity contribution is 4.95. The van der Waals surface area contributed by atoms with E-state index in [9.17, 15) is 35.7 Å². The third-order valence-corrected chi connectivity index (χ3v) is 5.72. The molecule has 0 bridgehead atoms. The number of hydrogen-bond acceptors (Lipinski definition) is 12. The second kappa shape index (κ2) is 9.98. The summed E-state index contributed by atoms with van der Waals surface area (Å²) in [4.78, 5) is 0. The first-order valence-corrected chi connectivity index (χ1v) is 10.0. The van der Waals surface area contributed by atoms with Gasteiger partial charge in [-0.1, -0.05) is 13.8 Å². The molecule has 12 heteroatoms. The lowest BCUT2D eigenvalue weighted by Gasteiger charge is -2.44. The Balaban J connectivity index is 1.78. The molecule has 3 heterocycles. The molecule has 0 aliphatic carbocycles. The molecule has 7 N–H and O–H groups in total. The van der Waals surface area contributed by atoms with Crippen molar-refractivity contribution in [2.45, 2.75) is 87.5 Å². The summed E-state index contributed by atoms with van der Waals surface area (Å²) < 4.78 is 28.0. The zero-order valence-electron chi connectivity index (χ0n) is 16.8. The maximum Gasteiger partial charge on any atom is 0.187 e. The first kappa shape index (κ1) is 24.2. The van der Waals surface area contributed by atoms with Gasteiger partial charge in [0.1, 0.15) is 54.9 Å². The minimum absolute atomic E-state index is 0.0991. The van der Waals surface area contributed by atoms with E-state index in [0.29, 0.717) is 0 Å². The summed E-state index contributed by atoms with van der Waals surface area (Å²) >= 11 is 0. The van der Waals surface area contributed by atoms with Gasteiger partial charge in [-0.15, -0.1) is 0 Å². The second-order valence-corrected chi connectivity index (χ2v) is 8.22. The monoisotopic (exact) mass is 440 g/mol. The number of aliphatic hydroxyl groups excluding tert-OH is 7. The average Bonchev–Trinajstić information content (AvgIpc) is 3.14. The molecule has 0 spiro atoms. The molecule has 30 heavy (non-hydrogen) atoms. The highest BCUT2D eigenvalue weighted by Gasteiger charge is 2.52. The molecule has 176 valence electrons. The van der Waals surface area contributed by atoms with Crippen LogP contribution in [0.4, 0.5) is 0 Å². The predicted octanol–water partition coefficient (Wildman–Crippen LogP) is -3.95. The fraction of sp³-hybridized carbons (Fsp3) is 1.00. The number of ether oxygens (including phenoxy) is 5. The van der Waals surface area contributed by atoms with E-state index in [-0.39, 0.29) is 12.5 Å². The summed E-state index contributed by atoms with van der Waals surface area (Å²) in [5.74, 6) is -0.115. The van der Waals surface area contributed by atoms with Crippen LogP contribution in [0.1, 0.15) is 13.8 Å². The molecule has 0 aromatic rings. The summed E-state index contributed by atoms with van der Waals surface area (Å²) in [6.07, 6.45) is -14.4.